The predicted octanol–water partition coefficient (Wildman–Crippen LogP) is 1.71. The molecule has 40 heavy (non-hydrogen) atoms. The number of anilines is 2. The molecule has 0 spiro atoms. The lowest BCUT2D eigenvalue weighted by atomic mass is 10.1. The number of benzene rings is 2. The van der Waals surface area contributed by atoms with Crippen molar-refractivity contribution in [3.63, 3.8) is 0 Å². The van der Waals surface area contributed by atoms with Gasteiger partial charge in [0.25, 0.3) is 0 Å². The van der Waals surface area contributed by atoms with Gasteiger partial charge in [0.15, 0.2) is 11.5 Å². The van der Waals surface area contributed by atoms with Crippen molar-refractivity contribution < 1.29 is 28.5 Å². The molecule has 0 aliphatic carbocycles. The van der Waals surface area contributed by atoms with Crippen LogP contribution in [-0.2, 0) is 17.6 Å². The monoisotopic (exact) mass is 548 g/mol. The summed E-state index contributed by atoms with van der Waals surface area (Å²) in [5.74, 6) is 0.346. The van der Waals surface area contributed by atoms with Gasteiger partial charge in [-0.1, -0.05) is 30.3 Å². The van der Waals surface area contributed by atoms with Gasteiger partial charge in [-0.25, -0.2) is 9.78 Å². The molecule has 0 fully saturated rings. The number of ether oxygens (including phenoxy) is 5. The van der Waals surface area contributed by atoms with Crippen LogP contribution in [0.25, 0.3) is 0 Å². The smallest absolute Gasteiger partial charge is 0.333 e. The Balaban J connectivity index is 1.57. The fraction of sp³-hybridized carbons (Fsp3) is 0.231. The Labute approximate surface area is 229 Å². The summed E-state index contributed by atoms with van der Waals surface area (Å²) in [7, 11) is 4.26. The molecule has 14 nitrogen and oxygen atoms in total. The highest BCUT2D eigenvalue weighted by Crippen LogP contribution is 2.41. The molecule has 6 N–H and O–H groups in total. The molecule has 0 aliphatic rings. The first-order valence-electron chi connectivity index (χ1n) is 11.9. The number of esters is 1. The summed E-state index contributed by atoms with van der Waals surface area (Å²) < 4.78 is 27.4. The van der Waals surface area contributed by atoms with Gasteiger partial charge < -0.3 is 40.9 Å². The van der Waals surface area contributed by atoms with E-state index in [4.69, 9.17) is 40.9 Å². The number of methoxy groups -OCH3 is 3. The second-order valence-electron chi connectivity index (χ2n) is 8.35. The summed E-state index contributed by atoms with van der Waals surface area (Å²) in [6.45, 7) is 0. The predicted molar refractivity (Wildman–Crippen MR) is 143 cm³/mol. The SMILES string of the molecule is COc1nc(OC(=O)C(N)Cc2ccccc2)nc(Oc2c(OC)cc(Cc3cnc(N)nc3N)cc2OC)n1. The molecule has 2 aromatic carbocycles. The van der Waals surface area contributed by atoms with Crippen molar-refractivity contribution in [3.8, 4) is 35.3 Å². The van der Waals surface area contributed by atoms with Crippen LogP contribution in [0.2, 0.25) is 0 Å². The molecule has 4 rings (SSSR count). The Morgan fingerprint density at radius 1 is 0.850 bits per heavy atom. The number of hydrogen-bond acceptors (Lipinski definition) is 14. The molecule has 0 amide bonds. The molecule has 2 aromatic heterocycles. The fourth-order valence-electron chi connectivity index (χ4n) is 3.64. The minimum absolute atomic E-state index is 0.0798. The molecular weight excluding hydrogens is 520 g/mol. The third-order valence-corrected chi connectivity index (χ3v) is 5.57. The highest BCUT2D eigenvalue weighted by atomic mass is 16.6. The molecule has 14 heteroatoms. The first-order chi connectivity index (χ1) is 19.3. The molecule has 0 bridgehead atoms. The Bertz CT molecular complexity index is 1460. The molecule has 0 saturated heterocycles. The summed E-state index contributed by atoms with van der Waals surface area (Å²) >= 11 is 0. The number of carbonyl (C=O) groups excluding carboxylic acids is 1. The van der Waals surface area contributed by atoms with Crippen LogP contribution in [0.4, 0.5) is 11.8 Å². The molecule has 2 heterocycles. The van der Waals surface area contributed by atoms with E-state index in [1.807, 2.05) is 30.3 Å². The van der Waals surface area contributed by atoms with Gasteiger partial charge in [0.05, 0.1) is 21.3 Å². The van der Waals surface area contributed by atoms with Crippen LogP contribution in [-0.4, -0.2) is 58.3 Å². The van der Waals surface area contributed by atoms with Crippen LogP contribution in [0.5, 0.6) is 35.3 Å². The number of hydrogen-bond donors (Lipinski definition) is 3. The highest BCUT2D eigenvalue weighted by Gasteiger charge is 2.22. The van der Waals surface area contributed by atoms with Gasteiger partial charge in [-0.3, -0.25) is 0 Å². The van der Waals surface area contributed by atoms with Crippen LogP contribution in [0.1, 0.15) is 16.7 Å². The Morgan fingerprint density at radius 2 is 1.50 bits per heavy atom. The lowest BCUT2D eigenvalue weighted by Crippen LogP contribution is -2.36. The van der Waals surface area contributed by atoms with E-state index >= 15 is 0 Å². The number of nitrogens with zero attached hydrogens (tertiary/aromatic N) is 5. The van der Waals surface area contributed by atoms with Crippen LogP contribution >= 0.6 is 0 Å². The largest absolute Gasteiger partial charge is 0.493 e. The second-order valence-corrected chi connectivity index (χ2v) is 8.35. The maximum Gasteiger partial charge on any atom is 0.333 e. The second kappa shape index (κ2) is 12.5. The molecule has 208 valence electrons. The lowest BCUT2D eigenvalue weighted by Gasteiger charge is -2.16. The van der Waals surface area contributed by atoms with E-state index in [-0.39, 0.29) is 42.0 Å². The van der Waals surface area contributed by atoms with Crippen molar-refractivity contribution in [2.75, 3.05) is 32.8 Å². The third-order valence-electron chi connectivity index (χ3n) is 5.57. The fourth-order valence-corrected chi connectivity index (χ4v) is 3.64. The zero-order chi connectivity index (χ0) is 28.6. The average Bonchev–Trinajstić information content (AvgIpc) is 2.95. The highest BCUT2D eigenvalue weighted by molar-refractivity contribution is 5.77. The molecule has 0 radical (unpaired) electrons. The Hall–Kier alpha value is -5.24. The van der Waals surface area contributed by atoms with Gasteiger partial charge in [0.2, 0.25) is 11.7 Å². The van der Waals surface area contributed by atoms with Crippen LogP contribution in [0.3, 0.4) is 0 Å². The summed E-state index contributed by atoms with van der Waals surface area (Å²) in [5, 5.41) is 0. The lowest BCUT2D eigenvalue weighted by molar-refractivity contribution is -0.136. The summed E-state index contributed by atoms with van der Waals surface area (Å²) in [6.07, 6.45) is 2.18. The summed E-state index contributed by atoms with van der Waals surface area (Å²) in [6, 6.07) is 11.0. The van der Waals surface area contributed by atoms with Crippen LogP contribution in [0, 0.1) is 0 Å². The van der Waals surface area contributed by atoms with Gasteiger partial charge >= 0.3 is 24.0 Å². The van der Waals surface area contributed by atoms with Crippen molar-refractivity contribution in [1.82, 2.24) is 24.9 Å². The summed E-state index contributed by atoms with van der Waals surface area (Å²) in [4.78, 5) is 32.7. The topological polar surface area (TPSA) is 206 Å². The van der Waals surface area contributed by atoms with Gasteiger partial charge in [-0.2, -0.15) is 4.98 Å². The van der Waals surface area contributed by atoms with Gasteiger partial charge in [0, 0.05) is 18.2 Å². The minimum atomic E-state index is -0.956. The third kappa shape index (κ3) is 6.79. The molecule has 4 aromatic rings. The van der Waals surface area contributed by atoms with E-state index in [0.29, 0.717) is 23.5 Å². The quantitative estimate of drug-likeness (QED) is 0.228. The van der Waals surface area contributed by atoms with E-state index < -0.39 is 12.0 Å². The van der Waals surface area contributed by atoms with Crippen molar-refractivity contribution in [1.29, 1.82) is 0 Å². The van der Waals surface area contributed by atoms with Gasteiger partial charge in [0.1, 0.15) is 11.9 Å². The molecule has 1 unspecified atom stereocenters. The molecule has 1 atom stereocenters. The molecule has 0 aliphatic heterocycles. The van der Waals surface area contributed by atoms with Crippen LogP contribution < -0.4 is 40.9 Å². The Morgan fingerprint density at radius 3 is 2.12 bits per heavy atom. The van der Waals surface area contributed by atoms with E-state index in [0.717, 1.165) is 11.1 Å². The number of rotatable bonds is 11. The Kier molecular flexibility index (Phi) is 8.71. The average molecular weight is 549 g/mol. The normalized spacial score (nSPS) is 11.4. The maximum absolute atomic E-state index is 12.6. The number of carbonyl (C=O) groups is 1. The molecular formula is C26H28N8O6. The maximum atomic E-state index is 12.6. The van der Waals surface area contributed by atoms with E-state index in [2.05, 4.69) is 24.9 Å². The van der Waals surface area contributed by atoms with E-state index in [1.165, 1.54) is 21.3 Å². The number of aromatic nitrogens is 5. The number of nitrogens with two attached hydrogens (primary N) is 3. The minimum Gasteiger partial charge on any atom is -0.493 e. The van der Waals surface area contributed by atoms with E-state index in [1.54, 1.807) is 18.3 Å². The van der Waals surface area contributed by atoms with E-state index in [9.17, 15) is 4.79 Å². The summed E-state index contributed by atoms with van der Waals surface area (Å²) in [5.41, 5.74) is 19.9. The van der Waals surface area contributed by atoms with Gasteiger partial charge in [-0.05, 0) is 29.7 Å². The standard InChI is InChI=1S/C26H28N8O6/c1-36-18-11-15(9-16-13-30-23(29)31-21(16)28)12-19(37-2)20(18)39-25-32-24(38-3)33-26(34-25)40-22(35)17(27)10-14-7-5-4-6-8-14/h4-8,11-13,17H,9-10,27H2,1-3H3,(H4,28,29,30,31). The van der Waals surface area contributed by atoms with Crippen molar-refractivity contribution >= 4 is 17.7 Å². The van der Waals surface area contributed by atoms with Crippen molar-refractivity contribution in [3.05, 3.63) is 65.4 Å². The zero-order valence-electron chi connectivity index (χ0n) is 22.0. The molecule has 0 saturated carbocycles. The van der Waals surface area contributed by atoms with Crippen molar-refractivity contribution in [2.24, 2.45) is 5.73 Å². The first-order valence-corrected chi connectivity index (χ1v) is 11.9. The zero-order valence-corrected chi connectivity index (χ0v) is 22.0. The number of nitrogen functional groups attached to an aromatic ring is 2. The van der Waals surface area contributed by atoms with Crippen LogP contribution in [0.15, 0.2) is 48.7 Å². The van der Waals surface area contributed by atoms with Crippen molar-refractivity contribution in [2.45, 2.75) is 18.9 Å². The van der Waals surface area contributed by atoms with Gasteiger partial charge in [-0.15, -0.1) is 15.0 Å². The first kappa shape index (κ1) is 27.8.